The molecule has 25 heavy (non-hydrogen) atoms. The quantitative estimate of drug-likeness (QED) is 0.541. The van der Waals surface area contributed by atoms with E-state index in [2.05, 4.69) is 22.6 Å². The van der Waals surface area contributed by atoms with Gasteiger partial charge in [-0.3, -0.25) is 14.5 Å². The number of halogens is 1. The Morgan fingerprint density at radius 1 is 1.16 bits per heavy atom. The van der Waals surface area contributed by atoms with Crippen molar-refractivity contribution in [1.29, 1.82) is 0 Å². The highest BCUT2D eigenvalue weighted by Crippen LogP contribution is 2.33. The molecule has 1 aliphatic rings. The van der Waals surface area contributed by atoms with Crippen molar-refractivity contribution in [1.82, 2.24) is 4.90 Å². The van der Waals surface area contributed by atoms with E-state index < -0.39 is 5.97 Å². The van der Waals surface area contributed by atoms with Crippen LogP contribution in [0.15, 0.2) is 53.4 Å². The van der Waals surface area contributed by atoms with Gasteiger partial charge >= 0.3 is 5.97 Å². The number of rotatable bonds is 4. The summed E-state index contributed by atoms with van der Waals surface area (Å²) in [5, 5.41) is 8.70. The van der Waals surface area contributed by atoms with Gasteiger partial charge in [0.2, 0.25) is 0 Å². The number of hydrogen-bond donors (Lipinski definition) is 1. The van der Waals surface area contributed by atoms with E-state index in [0.29, 0.717) is 5.56 Å². The summed E-state index contributed by atoms with van der Waals surface area (Å²) in [6.45, 7) is 0.216. The summed E-state index contributed by atoms with van der Waals surface area (Å²) in [4.78, 5) is 37.2. The fraction of sp³-hybridized carbons (Fsp3) is 0.0556. The van der Waals surface area contributed by atoms with Crippen molar-refractivity contribution in [2.24, 2.45) is 0 Å². The van der Waals surface area contributed by atoms with Crippen molar-refractivity contribution in [3.63, 3.8) is 0 Å². The number of amides is 2. The average Bonchev–Trinajstić information content (AvgIpc) is 2.84. The van der Waals surface area contributed by atoms with E-state index in [0.717, 1.165) is 20.9 Å². The van der Waals surface area contributed by atoms with Crippen LogP contribution < -0.4 is 0 Å². The molecule has 0 radical (unpaired) electrons. The largest absolute Gasteiger partial charge is 0.478 e. The van der Waals surface area contributed by atoms with Gasteiger partial charge in [0.05, 0.1) is 17.0 Å². The molecule has 3 rings (SSSR count). The highest BCUT2D eigenvalue weighted by molar-refractivity contribution is 14.1. The van der Waals surface area contributed by atoms with Gasteiger partial charge < -0.3 is 5.11 Å². The minimum absolute atomic E-state index is 0.131. The first kappa shape index (κ1) is 17.7. The topological polar surface area (TPSA) is 74.7 Å². The van der Waals surface area contributed by atoms with Gasteiger partial charge in [-0.1, -0.05) is 24.3 Å². The fourth-order valence-electron chi connectivity index (χ4n) is 2.32. The van der Waals surface area contributed by atoms with E-state index in [1.165, 1.54) is 17.0 Å². The van der Waals surface area contributed by atoms with E-state index in [-0.39, 0.29) is 28.2 Å². The third-order valence-corrected chi connectivity index (χ3v) is 5.19. The zero-order valence-electron chi connectivity index (χ0n) is 12.8. The maximum absolute atomic E-state index is 12.5. The number of carbonyl (C=O) groups is 3. The third kappa shape index (κ3) is 4.10. The number of thioether (sulfide) groups is 1. The van der Waals surface area contributed by atoms with Crippen LogP contribution in [0.3, 0.4) is 0 Å². The Morgan fingerprint density at radius 2 is 1.88 bits per heavy atom. The van der Waals surface area contributed by atoms with E-state index in [9.17, 15) is 14.4 Å². The summed E-state index contributed by atoms with van der Waals surface area (Å²) in [7, 11) is 0. The summed E-state index contributed by atoms with van der Waals surface area (Å²) >= 11 is 3.05. The molecule has 2 aromatic carbocycles. The summed E-state index contributed by atoms with van der Waals surface area (Å²) in [6, 6.07) is 13.8. The van der Waals surface area contributed by atoms with Crippen LogP contribution in [0.25, 0.3) is 6.08 Å². The molecule has 7 heteroatoms. The van der Waals surface area contributed by atoms with Crippen LogP contribution >= 0.6 is 34.4 Å². The molecular weight excluding hydrogens is 453 g/mol. The molecule has 0 aliphatic carbocycles. The van der Waals surface area contributed by atoms with Crippen LogP contribution in [0.4, 0.5) is 4.79 Å². The molecule has 1 heterocycles. The predicted octanol–water partition coefficient (Wildman–Crippen LogP) is 4.23. The monoisotopic (exact) mass is 465 g/mol. The molecule has 1 N–H and O–H groups in total. The molecule has 2 amide bonds. The number of carboxylic acids is 1. The lowest BCUT2D eigenvalue weighted by atomic mass is 10.1. The van der Waals surface area contributed by atoms with Crippen molar-refractivity contribution in [2.75, 3.05) is 0 Å². The van der Waals surface area contributed by atoms with E-state index >= 15 is 0 Å². The molecule has 1 saturated heterocycles. The van der Waals surface area contributed by atoms with Crippen LogP contribution in [-0.4, -0.2) is 27.1 Å². The Hall–Kier alpha value is -2.13. The smallest absolute Gasteiger partial charge is 0.335 e. The average molecular weight is 465 g/mol. The molecule has 126 valence electrons. The normalized spacial score (nSPS) is 15.9. The van der Waals surface area contributed by atoms with Crippen molar-refractivity contribution >= 4 is 57.5 Å². The van der Waals surface area contributed by atoms with E-state index in [1.54, 1.807) is 18.2 Å². The second-order valence-electron chi connectivity index (χ2n) is 5.32. The van der Waals surface area contributed by atoms with Crippen LogP contribution in [0.5, 0.6) is 0 Å². The van der Waals surface area contributed by atoms with Crippen molar-refractivity contribution in [2.45, 2.75) is 6.54 Å². The van der Waals surface area contributed by atoms with Gasteiger partial charge in [0.25, 0.3) is 11.1 Å². The molecule has 0 bridgehead atoms. The highest BCUT2D eigenvalue weighted by Gasteiger charge is 2.34. The standard InChI is InChI=1S/C18H12INO4S/c19-14-6-4-11(5-7-14)10-20-16(21)15(25-18(20)24)9-12-2-1-3-13(8-12)17(22)23/h1-9H,10H2,(H,22,23)/b15-9-. The van der Waals surface area contributed by atoms with Crippen LogP contribution in [-0.2, 0) is 11.3 Å². The Balaban J connectivity index is 1.82. The summed E-state index contributed by atoms with van der Waals surface area (Å²) in [5.41, 5.74) is 1.57. The molecule has 5 nitrogen and oxygen atoms in total. The van der Waals surface area contributed by atoms with Gasteiger partial charge in [0.15, 0.2) is 0 Å². The zero-order valence-corrected chi connectivity index (χ0v) is 15.8. The number of carbonyl (C=O) groups excluding carboxylic acids is 2. The van der Waals surface area contributed by atoms with Gasteiger partial charge in [-0.25, -0.2) is 4.79 Å². The number of imide groups is 1. The van der Waals surface area contributed by atoms with E-state index in [4.69, 9.17) is 5.11 Å². The van der Waals surface area contributed by atoms with Gasteiger partial charge in [0, 0.05) is 3.57 Å². The summed E-state index contributed by atoms with van der Waals surface area (Å²) < 4.78 is 1.08. The van der Waals surface area contributed by atoms with Crippen LogP contribution in [0, 0.1) is 3.57 Å². The Labute approximate surface area is 161 Å². The molecule has 0 spiro atoms. The number of aromatic carboxylic acids is 1. The van der Waals surface area contributed by atoms with Crippen molar-refractivity contribution in [3.05, 3.63) is 73.7 Å². The molecule has 1 aliphatic heterocycles. The fourth-order valence-corrected chi connectivity index (χ4v) is 3.52. The number of benzene rings is 2. The van der Waals surface area contributed by atoms with Crippen LogP contribution in [0.1, 0.15) is 21.5 Å². The lowest BCUT2D eigenvalue weighted by molar-refractivity contribution is -0.123. The Kier molecular flexibility index (Phi) is 5.24. The maximum Gasteiger partial charge on any atom is 0.335 e. The SMILES string of the molecule is O=C(O)c1cccc(/C=C2\SC(=O)N(Cc3ccc(I)cc3)C2=O)c1. The number of nitrogens with zero attached hydrogens (tertiary/aromatic N) is 1. The maximum atomic E-state index is 12.5. The van der Waals surface area contributed by atoms with Crippen molar-refractivity contribution < 1.29 is 19.5 Å². The Morgan fingerprint density at radius 3 is 2.56 bits per heavy atom. The lowest BCUT2D eigenvalue weighted by Crippen LogP contribution is -2.27. The molecule has 0 aromatic heterocycles. The van der Waals surface area contributed by atoms with Gasteiger partial charge in [-0.05, 0) is 75.8 Å². The highest BCUT2D eigenvalue weighted by atomic mass is 127. The van der Waals surface area contributed by atoms with Gasteiger partial charge in [-0.15, -0.1) is 0 Å². The molecule has 1 fully saturated rings. The number of hydrogen-bond acceptors (Lipinski definition) is 4. The molecule has 0 saturated carbocycles. The third-order valence-electron chi connectivity index (χ3n) is 3.56. The molecule has 2 aromatic rings. The summed E-state index contributed by atoms with van der Waals surface area (Å²) in [5.74, 6) is -1.41. The van der Waals surface area contributed by atoms with E-state index in [1.807, 2.05) is 24.3 Å². The zero-order chi connectivity index (χ0) is 18.0. The predicted molar refractivity (Wildman–Crippen MR) is 104 cm³/mol. The molecular formula is C18H12INO4S. The minimum Gasteiger partial charge on any atom is -0.478 e. The first-order valence-corrected chi connectivity index (χ1v) is 9.17. The second kappa shape index (κ2) is 7.40. The van der Waals surface area contributed by atoms with Crippen molar-refractivity contribution in [3.8, 4) is 0 Å². The lowest BCUT2D eigenvalue weighted by Gasteiger charge is -2.12. The van der Waals surface area contributed by atoms with Crippen LogP contribution in [0.2, 0.25) is 0 Å². The summed E-state index contributed by atoms with van der Waals surface area (Å²) in [6.07, 6.45) is 1.55. The first-order chi connectivity index (χ1) is 11.9. The molecule has 0 unspecified atom stereocenters. The second-order valence-corrected chi connectivity index (χ2v) is 7.56. The minimum atomic E-state index is -1.04. The molecule has 0 atom stereocenters. The first-order valence-electron chi connectivity index (χ1n) is 7.27. The van der Waals surface area contributed by atoms with Gasteiger partial charge in [0.1, 0.15) is 0 Å². The number of carboxylic acid groups (broad SMARTS) is 1. The van der Waals surface area contributed by atoms with Gasteiger partial charge in [-0.2, -0.15) is 0 Å². The Bertz CT molecular complexity index is 892.